The van der Waals surface area contributed by atoms with Crippen LogP contribution in [-0.4, -0.2) is 10.9 Å². The van der Waals surface area contributed by atoms with Crippen LogP contribution < -0.4 is 11.1 Å². The summed E-state index contributed by atoms with van der Waals surface area (Å²) in [5.74, 6) is -0.252. The van der Waals surface area contributed by atoms with Crippen LogP contribution in [0.2, 0.25) is 0 Å². The number of rotatable bonds is 4. The van der Waals surface area contributed by atoms with E-state index in [4.69, 9.17) is 5.73 Å². The van der Waals surface area contributed by atoms with E-state index in [0.29, 0.717) is 24.3 Å². The minimum atomic E-state index is -0.433. The molecule has 1 amide bonds. The Morgan fingerprint density at radius 1 is 1.32 bits per heavy atom. The van der Waals surface area contributed by atoms with Gasteiger partial charge in [0.1, 0.15) is 11.6 Å². The van der Waals surface area contributed by atoms with Crippen molar-refractivity contribution in [2.45, 2.75) is 12.8 Å². The topological polar surface area (TPSA) is 68.0 Å². The molecule has 0 radical (unpaired) electrons. The Morgan fingerprint density at radius 2 is 2.16 bits per heavy atom. The minimum Gasteiger partial charge on any atom is -0.399 e. The van der Waals surface area contributed by atoms with Crippen LogP contribution in [0.4, 0.5) is 15.9 Å². The number of aryl methyl sites for hydroxylation is 1. The van der Waals surface area contributed by atoms with Gasteiger partial charge in [-0.05, 0) is 36.2 Å². The van der Waals surface area contributed by atoms with E-state index in [1.807, 2.05) is 18.2 Å². The summed E-state index contributed by atoms with van der Waals surface area (Å²) in [5.41, 5.74) is 7.34. The summed E-state index contributed by atoms with van der Waals surface area (Å²) in [6.07, 6.45) is 1.98. The zero-order valence-corrected chi connectivity index (χ0v) is 10.3. The summed E-state index contributed by atoms with van der Waals surface area (Å²) >= 11 is 0. The Hall–Kier alpha value is -2.43. The second kappa shape index (κ2) is 5.95. The molecule has 1 aromatic heterocycles. The lowest BCUT2D eigenvalue weighted by Crippen LogP contribution is -2.13. The number of nitrogen functional groups attached to an aromatic ring is 1. The van der Waals surface area contributed by atoms with Gasteiger partial charge in [-0.2, -0.15) is 0 Å². The lowest BCUT2D eigenvalue weighted by atomic mass is 10.1. The number of nitrogens with zero attached hydrogens (tertiary/aromatic N) is 1. The van der Waals surface area contributed by atoms with E-state index in [0.717, 1.165) is 11.8 Å². The van der Waals surface area contributed by atoms with E-state index >= 15 is 0 Å². The van der Waals surface area contributed by atoms with Crippen molar-refractivity contribution in [3.63, 3.8) is 0 Å². The number of nitrogens with one attached hydrogen (secondary N) is 1. The second-order valence-corrected chi connectivity index (χ2v) is 4.15. The summed E-state index contributed by atoms with van der Waals surface area (Å²) < 4.78 is 12.6. The van der Waals surface area contributed by atoms with Crippen LogP contribution in [0.25, 0.3) is 0 Å². The normalized spacial score (nSPS) is 10.2. The van der Waals surface area contributed by atoms with Crippen molar-refractivity contribution in [2.24, 2.45) is 0 Å². The molecule has 0 atom stereocenters. The predicted octanol–water partition coefficient (Wildman–Crippen LogP) is 2.37. The summed E-state index contributed by atoms with van der Waals surface area (Å²) in [4.78, 5) is 15.4. The van der Waals surface area contributed by atoms with Crippen molar-refractivity contribution in [1.82, 2.24) is 4.98 Å². The molecule has 0 bridgehead atoms. The van der Waals surface area contributed by atoms with Gasteiger partial charge in [-0.15, -0.1) is 0 Å². The molecule has 1 aromatic carbocycles. The van der Waals surface area contributed by atoms with E-state index < -0.39 is 5.82 Å². The van der Waals surface area contributed by atoms with E-state index in [2.05, 4.69) is 10.3 Å². The molecule has 0 spiro atoms. The highest BCUT2D eigenvalue weighted by Crippen LogP contribution is 2.10. The quantitative estimate of drug-likeness (QED) is 0.828. The van der Waals surface area contributed by atoms with Gasteiger partial charge in [0.25, 0.3) is 0 Å². The Labute approximate surface area is 110 Å². The predicted molar refractivity (Wildman–Crippen MR) is 72.0 cm³/mol. The highest BCUT2D eigenvalue weighted by molar-refractivity contribution is 5.89. The maximum atomic E-state index is 12.6. The number of benzene rings is 1. The molecule has 0 fully saturated rings. The van der Waals surface area contributed by atoms with Crippen LogP contribution in [0.3, 0.4) is 0 Å². The largest absolute Gasteiger partial charge is 0.399 e. The number of halogens is 1. The van der Waals surface area contributed by atoms with Gasteiger partial charge < -0.3 is 11.1 Å². The van der Waals surface area contributed by atoms with Gasteiger partial charge in [0.15, 0.2) is 0 Å². The fourth-order valence-electron chi connectivity index (χ4n) is 1.66. The second-order valence-electron chi connectivity index (χ2n) is 4.15. The molecule has 0 aliphatic rings. The molecule has 0 aliphatic carbocycles. The van der Waals surface area contributed by atoms with Crippen molar-refractivity contribution in [2.75, 3.05) is 11.1 Å². The summed E-state index contributed by atoms with van der Waals surface area (Å²) in [7, 11) is 0. The van der Waals surface area contributed by atoms with Gasteiger partial charge in [0.2, 0.25) is 5.91 Å². The van der Waals surface area contributed by atoms with Gasteiger partial charge in [0, 0.05) is 12.1 Å². The highest BCUT2D eigenvalue weighted by Gasteiger charge is 2.04. The Kier molecular flexibility index (Phi) is 4.07. The van der Waals surface area contributed by atoms with Gasteiger partial charge >= 0.3 is 0 Å². The molecule has 0 saturated heterocycles. The van der Waals surface area contributed by atoms with Crippen LogP contribution in [0.1, 0.15) is 12.0 Å². The number of amides is 1. The number of nitrogens with two attached hydrogens (primary N) is 1. The number of carbonyl (C=O) groups excluding carboxylic acids is 1. The molecule has 0 unspecified atom stereocenters. The zero-order chi connectivity index (χ0) is 13.7. The molecule has 19 heavy (non-hydrogen) atoms. The Morgan fingerprint density at radius 3 is 2.84 bits per heavy atom. The average molecular weight is 259 g/mol. The minimum absolute atomic E-state index is 0.165. The third-order valence-corrected chi connectivity index (χ3v) is 2.59. The van der Waals surface area contributed by atoms with E-state index in [9.17, 15) is 9.18 Å². The third kappa shape index (κ3) is 4.06. The molecule has 0 aliphatic heterocycles. The fourth-order valence-corrected chi connectivity index (χ4v) is 1.66. The number of hydrogen-bond donors (Lipinski definition) is 2. The first kappa shape index (κ1) is 13.0. The first-order valence-electron chi connectivity index (χ1n) is 5.89. The molecule has 98 valence electrons. The molecular weight excluding hydrogens is 245 g/mol. The number of hydrogen-bond acceptors (Lipinski definition) is 3. The first-order chi connectivity index (χ1) is 9.13. The van der Waals surface area contributed by atoms with Gasteiger partial charge in [0.05, 0.1) is 6.20 Å². The third-order valence-electron chi connectivity index (χ3n) is 2.59. The smallest absolute Gasteiger partial charge is 0.225 e. The van der Waals surface area contributed by atoms with Crippen molar-refractivity contribution < 1.29 is 9.18 Å². The lowest BCUT2D eigenvalue weighted by Gasteiger charge is -2.05. The molecule has 2 rings (SSSR count). The van der Waals surface area contributed by atoms with Crippen molar-refractivity contribution in [3.8, 4) is 0 Å². The van der Waals surface area contributed by atoms with Crippen LogP contribution in [-0.2, 0) is 11.2 Å². The molecular formula is C14H14FN3O. The molecule has 1 heterocycles. The number of aromatic nitrogens is 1. The van der Waals surface area contributed by atoms with Crippen LogP contribution in [0, 0.1) is 5.82 Å². The average Bonchev–Trinajstić information content (AvgIpc) is 2.39. The summed E-state index contributed by atoms with van der Waals surface area (Å²) in [6, 6.07) is 10.1. The van der Waals surface area contributed by atoms with Crippen molar-refractivity contribution >= 4 is 17.4 Å². The summed E-state index contributed by atoms with van der Waals surface area (Å²) in [6.45, 7) is 0. The molecule has 5 heteroatoms. The van der Waals surface area contributed by atoms with E-state index in [1.165, 1.54) is 12.1 Å². The van der Waals surface area contributed by atoms with Gasteiger partial charge in [-0.1, -0.05) is 12.1 Å². The monoisotopic (exact) mass is 259 g/mol. The fraction of sp³-hybridized carbons (Fsp3) is 0.143. The van der Waals surface area contributed by atoms with E-state index in [1.54, 1.807) is 6.07 Å². The maximum Gasteiger partial charge on any atom is 0.225 e. The van der Waals surface area contributed by atoms with Crippen LogP contribution in [0.5, 0.6) is 0 Å². The van der Waals surface area contributed by atoms with Crippen LogP contribution in [0.15, 0.2) is 42.6 Å². The maximum absolute atomic E-state index is 12.6. The highest BCUT2D eigenvalue weighted by atomic mass is 19.1. The Balaban J connectivity index is 1.86. The standard InChI is InChI=1S/C14H14FN3O/c15-11-5-6-13(17-9-11)18-14(19)7-4-10-2-1-3-12(16)8-10/h1-3,5-6,8-9H,4,7,16H2,(H,17,18,19). The van der Waals surface area contributed by atoms with E-state index in [-0.39, 0.29) is 5.91 Å². The molecule has 3 N–H and O–H groups in total. The van der Waals surface area contributed by atoms with Gasteiger partial charge in [-0.25, -0.2) is 9.37 Å². The molecule has 2 aromatic rings. The SMILES string of the molecule is Nc1cccc(CCC(=O)Nc2ccc(F)cn2)c1. The van der Waals surface area contributed by atoms with Crippen molar-refractivity contribution in [3.05, 3.63) is 54.0 Å². The lowest BCUT2D eigenvalue weighted by molar-refractivity contribution is -0.116. The number of carbonyl (C=O) groups is 1. The molecule has 0 saturated carbocycles. The van der Waals surface area contributed by atoms with Crippen LogP contribution >= 0.6 is 0 Å². The number of pyridine rings is 1. The molecule has 4 nitrogen and oxygen atoms in total. The van der Waals surface area contributed by atoms with Gasteiger partial charge in [-0.3, -0.25) is 4.79 Å². The summed E-state index contributed by atoms with van der Waals surface area (Å²) in [5, 5.41) is 2.61. The Bertz CT molecular complexity index is 569. The van der Waals surface area contributed by atoms with Crippen molar-refractivity contribution in [1.29, 1.82) is 0 Å². The zero-order valence-electron chi connectivity index (χ0n) is 10.3. The number of anilines is 2. The first-order valence-corrected chi connectivity index (χ1v) is 5.89.